The highest BCUT2D eigenvalue weighted by molar-refractivity contribution is 6.62. The summed E-state index contributed by atoms with van der Waals surface area (Å²) in [5, 5.41) is 0. The SMILES string of the molecule is CC1(C)OB(c2ccc3c(c2)-c2ccc4c(c2C3)C(=O)c2ccccc2-4)OC1(C)C. The van der Waals surface area contributed by atoms with Crippen molar-refractivity contribution in [3.05, 3.63) is 76.9 Å². The number of carbonyl (C=O) groups excluding carboxylic acids is 1. The fourth-order valence-corrected chi connectivity index (χ4v) is 4.93. The van der Waals surface area contributed by atoms with Crippen LogP contribution >= 0.6 is 0 Å². The average Bonchev–Trinajstić information content (AvgIpc) is 3.29. The highest BCUT2D eigenvalue weighted by atomic mass is 16.7. The quantitative estimate of drug-likeness (QED) is 0.385. The molecule has 0 atom stereocenters. The van der Waals surface area contributed by atoms with Gasteiger partial charge >= 0.3 is 7.12 Å². The molecule has 1 saturated heterocycles. The van der Waals surface area contributed by atoms with Gasteiger partial charge < -0.3 is 9.31 Å². The van der Waals surface area contributed by atoms with Crippen LogP contribution in [0.3, 0.4) is 0 Å². The van der Waals surface area contributed by atoms with Gasteiger partial charge in [-0.05, 0) is 73.0 Å². The van der Waals surface area contributed by atoms with Crippen LogP contribution in [-0.2, 0) is 15.7 Å². The molecule has 30 heavy (non-hydrogen) atoms. The van der Waals surface area contributed by atoms with Crippen molar-refractivity contribution < 1.29 is 14.1 Å². The summed E-state index contributed by atoms with van der Waals surface area (Å²) in [6, 6.07) is 18.6. The maximum absolute atomic E-state index is 13.2. The molecule has 0 saturated carbocycles. The number of benzene rings is 3. The predicted molar refractivity (Wildman–Crippen MR) is 119 cm³/mol. The zero-order valence-corrected chi connectivity index (χ0v) is 17.7. The van der Waals surface area contributed by atoms with Gasteiger partial charge in [-0.25, -0.2) is 0 Å². The molecule has 0 bridgehead atoms. The molecule has 2 aliphatic carbocycles. The van der Waals surface area contributed by atoms with E-state index < -0.39 is 0 Å². The molecule has 0 unspecified atom stereocenters. The maximum atomic E-state index is 13.2. The van der Waals surface area contributed by atoms with Crippen molar-refractivity contribution in [3.63, 3.8) is 0 Å². The lowest BCUT2D eigenvalue weighted by molar-refractivity contribution is 0.00578. The van der Waals surface area contributed by atoms with Gasteiger partial charge in [0.15, 0.2) is 5.78 Å². The molecule has 3 aromatic rings. The number of rotatable bonds is 1. The van der Waals surface area contributed by atoms with Crippen LogP contribution in [0.5, 0.6) is 0 Å². The van der Waals surface area contributed by atoms with E-state index in [2.05, 4.69) is 58.0 Å². The average molecular weight is 394 g/mol. The Morgan fingerprint density at radius 1 is 0.767 bits per heavy atom. The molecule has 3 nitrogen and oxygen atoms in total. The summed E-state index contributed by atoms with van der Waals surface area (Å²) in [5.74, 6) is 0.149. The number of hydrogen-bond donors (Lipinski definition) is 0. The van der Waals surface area contributed by atoms with E-state index >= 15 is 0 Å². The molecule has 3 aliphatic rings. The normalized spacial score (nSPS) is 19.5. The Bertz CT molecular complexity index is 1240. The Morgan fingerprint density at radius 3 is 2.17 bits per heavy atom. The Labute approximate surface area is 177 Å². The van der Waals surface area contributed by atoms with Gasteiger partial charge in [0.05, 0.1) is 11.2 Å². The fraction of sp³-hybridized carbons (Fsp3) is 0.269. The van der Waals surface area contributed by atoms with Gasteiger partial charge in [-0.2, -0.15) is 0 Å². The molecule has 1 fully saturated rings. The van der Waals surface area contributed by atoms with Gasteiger partial charge in [-0.3, -0.25) is 4.79 Å². The van der Waals surface area contributed by atoms with Gasteiger partial charge in [0.25, 0.3) is 0 Å². The Morgan fingerprint density at radius 2 is 1.43 bits per heavy atom. The summed E-state index contributed by atoms with van der Waals surface area (Å²) >= 11 is 0. The molecule has 1 heterocycles. The van der Waals surface area contributed by atoms with Gasteiger partial charge in [-0.15, -0.1) is 0 Å². The van der Waals surface area contributed by atoms with E-state index in [1.54, 1.807) is 0 Å². The number of carbonyl (C=O) groups is 1. The molecule has 3 aromatic carbocycles. The second kappa shape index (κ2) is 5.72. The third-order valence-electron chi connectivity index (χ3n) is 7.32. The van der Waals surface area contributed by atoms with E-state index in [1.807, 2.05) is 24.3 Å². The van der Waals surface area contributed by atoms with Crippen molar-refractivity contribution in [3.8, 4) is 22.3 Å². The lowest BCUT2D eigenvalue weighted by atomic mass is 9.77. The monoisotopic (exact) mass is 394 g/mol. The minimum absolute atomic E-state index is 0.149. The summed E-state index contributed by atoms with van der Waals surface area (Å²) < 4.78 is 12.5. The van der Waals surface area contributed by atoms with Crippen molar-refractivity contribution in [2.45, 2.75) is 45.3 Å². The van der Waals surface area contributed by atoms with E-state index in [0.29, 0.717) is 0 Å². The third kappa shape index (κ3) is 2.26. The lowest BCUT2D eigenvalue weighted by Crippen LogP contribution is -2.41. The molecule has 148 valence electrons. The van der Waals surface area contributed by atoms with Gasteiger partial charge in [0, 0.05) is 11.1 Å². The minimum Gasteiger partial charge on any atom is -0.399 e. The second-order valence-corrected chi connectivity index (χ2v) is 9.57. The van der Waals surface area contributed by atoms with Crippen LogP contribution in [0.25, 0.3) is 22.3 Å². The van der Waals surface area contributed by atoms with Crippen molar-refractivity contribution in [2.24, 2.45) is 0 Å². The fourth-order valence-electron chi connectivity index (χ4n) is 4.93. The summed E-state index contributed by atoms with van der Waals surface area (Å²) in [5.41, 5.74) is 8.83. The number of hydrogen-bond acceptors (Lipinski definition) is 3. The van der Waals surface area contributed by atoms with Crippen LogP contribution < -0.4 is 5.46 Å². The smallest absolute Gasteiger partial charge is 0.399 e. The van der Waals surface area contributed by atoms with E-state index in [0.717, 1.165) is 45.3 Å². The number of ketones is 1. The zero-order valence-electron chi connectivity index (χ0n) is 17.7. The third-order valence-corrected chi connectivity index (χ3v) is 7.32. The van der Waals surface area contributed by atoms with Crippen LogP contribution in [0.15, 0.2) is 54.6 Å². The first-order valence-corrected chi connectivity index (χ1v) is 10.6. The summed E-state index contributed by atoms with van der Waals surface area (Å²) in [4.78, 5) is 13.2. The molecule has 0 N–H and O–H groups in total. The molecular weight excluding hydrogens is 371 g/mol. The topological polar surface area (TPSA) is 35.5 Å². The molecular formula is C26H23BO3. The summed E-state index contributed by atoms with van der Waals surface area (Å²) in [6.45, 7) is 8.29. The maximum Gasteiger partial charge on any atom is 0.494 e. The van der Waals surface area contributed by atoms with Crippen LogP contribution in [0, 0.1) is 0 Å². The molecule has 6 rings (SSSR count). The molecule has 1 aliphatic heterocycles. The van der Waals surface area contributed by atoms with Crippen molar-refractivity contribution >= 4 is 18.4 Å². The van der Waals surface area contributed by atoms with Crippen molar-refractivity contribution in [1.82, 2.24) is 0 Å². The summed E-state index contributed by atoms with van der Waals surface area (Å²) in [6.07, 6.45) is 0.789. The number of fused-ring (bicyclic) bond motifs is 7. The van der Waals surface area contributed by atoms with Crippen LogP contribution in [0.4, 0.5) is 0 Å². The first-order chi connectivity index (χ1) is 14.3. The van der Waals surface area contributed by atoms with Gasteiger partial charge in [0.1, 0.15) is 0 Å². The Hall–Kier alpha value is -2.69. The highest BCUT2D eigenvalue weighted by Crippen LogP contribution is 2.46. The Kier molecular flexibility index (Phi) is 3.45. The van der Waals surface area contributed by atoms with Crippen LogP contribution in [0.2, 0.25) is 0 Å². The minimum atomic E-state index is -0.385. The van der Waals surface area contributed by atoms with Crippen molar-refractivity contribution in [2.75, 3.05) is 0 Å². The van der Waals surface area contributed by atoms with Crippen molar-refractivity contribution in [1.29, 1.82) is 0 Å². The lowest BCUT2D eigenvalue weighted by Gasteiger charge is -2.32. The van der Waals surface area contributed by atoms with E-state index in [4.69, 9.17) is 9.31 Å². The molecule has 0 radical (unpaired) electrons. The molecule has 0 aromatic heterocycles. The molecule has 0 amide bonds. The van der Waals surface area contributed by atoms with E-state index in [9.17, 15) is 4.79 Å². The first-order valence-electron chi connectivity index (χ1n) is 10.6. The highest BCUT2D eigenvalue weighted by Gasteiger charge is 2.51. The first kappa shape index (κ1) is 18.1. The molecule has 4 heteroatoms. The van der Waals surface area contributed by atoms with E-state index in [1.165, 1.54) is 11.1 Å². The standard InChI is InChI=1S/C26H23BO3/c1-25(2)26(3,4)30-27(29-25)16-10-9-15-13-22-18(21(15)14-16)11-12-19-17-7-5-6-8-20(17)24(28)23(19)22/h5-12,14H,13H2,1-4H3. The summed E-state index contributed by atoms with van der Waals surface area (Å²) in [7, 11) is -0.385. The van der Waals surface area contributed by atoms with Crippen LogP contribution in [0.1, 0.15) is 54.7 Å². The van der Waals surface area contributed by atoms with Gasteiger partial charge in [-0.1, -0.05) is 54.6 Å². The largest absolute Gasteiger partial charge is 0.494 e. The Balaban J connectivity index is 1.44. The zero-order chi connectivity index (χ0) is 20.8. The van der Waals surface area contributed by atoms with Crippen LogP contribution in [-0.4, -0.2) is 24.1 Å². The second-order valence-electron chi connectivity index (χ2n) is 9.57. The van der Waals surface area contributed by atoms with Gasteiger partial charge in [0.2, 0.25) is 0 Å². The molecule has 0 spiro atoms. The van der Waals surface area contributed by atoms with E-state index in [-0.39, 0.29) is 24.1 Å². The predicted octanol–water partition coefficient (Wildman–Crippen LogP) is 4.77.